The first-order valence-electron chi connectivity index (χ1n) is 6.62. The summed E-state index contributed by atoms with van der Waals surface area (Å²) in [4.78, 5) is 9.85. The highest BCUT2D eigenvalue weighted by Crippen LogP contribution is 2.25. The van der Waals surface area contributed by atoms with Crippen LogP contribution in [0, 0.1) is 6.92 Å². The highest BCUT2D eigenvalue weighted by atomic mass is 32.2. The topological polar surface area (TPSA) is 47.0 Å². The SMILES string of the molecule is CCCNc1ncc(C)c(Oc2ccc(SC)cc2)n1. The number of aryl methyl sites for hydroxylation is 1. The molecule has 0 spiro atoms. The van der Waals surface area contributed by atoms with Crippen LogP contribution in [-0.4, -0.2) is 22.8 Å². The molecule has 1 aromatic heterocycles. The van der Waals surface area contributed by atoms with E-state index in [0.717, 1.165) is 24.3 Å². The molecule has 20 heavy (non-hydrogen) atoms. The normalized spacial score (nSPS) is 10.3. The zero-order valence-corrected chi connectivity index (χ0v) is 12.8. The summed E-state index contributed by atoms with van der Waals surface area (Å²) < 4.78 is 5.83. The van der Waals surface area contributed by atoms with E-state index in [1.165, 1.54) is 4.90 Å². The highest BCUT2D eigenvalue weighted by molar-refractivity contribution is 7.98. The van der Waals surface area contributed by atoms with Crippen LogP contribution >= 0.6 is 11.8 Å². The number of thioether (sulfide) groups is 1. The Morgan fingerprint density at radius 1 is 1.25 bits per heavy atom. The molecule has 4 nitrogen and oxygen atoms in total. The summed E-state index contributed by atoms with van der Waals surface area (Å²) in [6, 6.07) is 7.97. The molecular formula is C15H19N3OS. The Hall–Kier alpha value is -1.75. The Morgan fingerprint density at radius 3 is 2.65 bits per heavy atom. The second-order valence-electron chi connectivity index (χ2n) is 4.39. The largest absolute Gasteiger partial charge is 0.439 e. The lowest BCUT2D eigenvalue weighted by atomic mass is 10.3. The van der Waals surface area contributed by atoms with Gasteiger partial charge in [0.1, 0.15) is 5.75 Å². The molecule has 0 saturated carbocycles. The van der Waals surface area contributed by atoms with Gasteiger partial charge in [-0.1, -0.05) is 6.92 Å². The molecule has 1 N–H and O–H groups in total. The Balaban J connectivity index is 2.14. The Kier molecular flexibility index (Phi) is 5.24. The Labute approximate surface area is 124 Å². The van der Waals surface area contributed by atoms with E-state index in [4.69, 9.17) is 4.74 Å². The van der Waals surface area contributed by atoms with E-state index in [-0.39, 0.29) is 0 Å². The Morgan fingerprint density at radius 2 is 2.00 bits per heavy atom. The molecule has 1 aromatic carbocycles. The van der Waals surface area contributed by atoms with Crippen LogP contribution in [0.15, 0.2) is 35.4 Å². The molecule has 0 fully saturated rings. The van der Waals surface area contributed by atoms with Crippen molar-refractivity contribution in [3.05, 3.63) is 36.0 Å². The first-order chi connectivity index (χ1) is 9.72. The lowest BCUT2D eigenvalue weighted by Crippen LogP contribution is -2.05. The quantitative estimate of drug-likeness (QED) is 0.810. The monoisotopic (exact) mass is 289 g/mol. The summed E-state index contributed by atoms with van der Waals surface area (Å²) in [5, 5.41) is 3.16. The number of nitrogens with one attached hydrogen (secondary N) is 1. The van der Waals surface area contributed by atoms with Crippen molar-refractivity contribution in [1.29, 1.82) is 0 Å². The molecule has 0 bridgehead atoms. The lowest BCUT2D eigenvalue weighted by molar-refractivity contribution is 0.457. The van der Waals surface area contributed by atoms with Gasteiger partial charge in [-0.3, -0.25) is 0 Å². The standard InChI is InChI=1S/C15H19N3OS/c1-4-9-16-15-17-10-11(2)14(18-15)19-12-5-7-13(20-3)8-6-12/h5-8,10H,4,9H2,1-3H3,(H,16,17,18). The number of rotatable bonds is 6. The highest BCUT2D eigenvalue weighted by Gasteiger charge is 2.06. The predicted octanol–water partition coefficient (Wildman–Crippen LogP) is 4.12. The molecule has 0 saturated heterocycles. The fraction of sp³-hybridized carbons (Fsp3) is 0.333. The fourth-order valence-electron chi connectivity index (χ4n) is 1.61. The van der Waals surface area contributed by atoms with Crippen molar-refractivity contribution in [2.75, 3.05) is 18.1 Å². The summed E-state index contributed by atoms with van der Waals surface area (Å²) in [5.74, 6) is 1.98. The van der Waals surface area contributed by atoms with Gasteiger partial charge in [-0.2, -0.15) is 4.98 Å². The van der Waals surface area contributed by atoms with Crippen LogP contribution < -0.4 is 10.1 Å². The second kappa shape index (κ2) is 7.14. The van der Waals surface area contributed by atoms with Crippen LogP contribution in [0.5, 0.6) is 11.6 Å². The second-order valence-corrected chi connectivity index (χ2v) is 5.27. The summed E-state index contributed by atoms with van der Waals surface area (Å²) in [6.07, 6.45) is 4.86. The van der Waals surface area contributed by atoms with Gasteiger partial charge in [0.25, 0.3) is 0 Å². The molecule has 5 heteroatoms. The van der Waals surface area contributed by atoms with Gasteiger partial charge in [-0.15, -0.1) is 11.8 Å². The molecule has 0 radical (unpaired) electrons. The van der Waals surface area contributed by atoms with E-state index in [1.807, 2.05) is 31.2 Å². The third-order valence-electron chi connectivity index (χ3n) is 2.73. The summed E-state index contributed by atoms with van der Waals surface area (Å²) in [7, 11) is 0. The van der Waals surface area contributed by atoms with Crippen molar-refractivity contribution < 1.29 is 4.74 Å². The average molecular weight is 289 g/mol. The van der Waals surface area contributed by atoms with Crippen molar-refractivity contribution in [1.82, 2.24) is 9.97 Å². The van der Waals surface area contributed by atoms with Gasteiger partial charge in [0, 0.05) is 23.2 Å². The van der Waals surface area contributed by atoms with Crippen LogP contribution in [0.2, 0.25) is 0 Å². The van der Waals surface area contributed by atoms with Gasteiger partial charge in [-0.25, -0.2) is 4.98 Å². The first kappa shape index (κ1) is 14.7. The molecule has 0 aliphatic carbocycles. The van der Waals surface area contributed by atoms with E-state index in [0.29, 0.717) is 11.8 Å². The van der Waals surface area contributed by atoms with Gasteiger partial charge in [0.15, 0.2) is 0 Å². The lowest BCUT2D eigenvalue weighted by Gasteiger charge is -2.10. The van der Waals surface area contributed by atoms with Gasteiger partial charge in [-0.05, 0) is 43.9 Å². The minimum absolute atomic E-state index is 0.593. The van der Waals surface area contributed by atoms with Crippen molar-refractivity contribution >= 4 is 17.7 Å². The van der Waals surface area contributed by atoms with Crippen LogP contribution in [0.1, 0.15) is 18.9 Å². The Bertz CT molecular complexity index is 558. The van der Waals surface area contributed by atoms with Gasteiger partial charge >= 0.3 is 0 Å². The van der Waals surface area contributed by atoms with Crippen molar-refractivity contribution in [3.8, 4) is 11.6 Å². The molecule has 106 valence electrons. The van der Waals surface area contributed by atoms with Crippen molar-refractivity contribution in [3.63, 3.8) is 0 Å². The van der Waals surface area contributed by atoms with E-state index in [1.54, 1.807) is 18.0 Å². The van der Waals surface area contributed by atoms with Gasteiger partial charge < -0.3 is 10.1 Å². The number of nitrogens with zero attached hydrogens (tertiary/aromatic N) is 2. The molecule has 0 aliphatic heterocycles. The number of ether oxygens (including phenoxy) is 1. The van der Waals surface area contributed by atoms with Crippen LogP contribution in [0.25, 0.3) is 0 Å². The average Bonchev–Trinajstić information content (AvgIpc) is 2.49. The number of benzene rings is 1. The molecule has 0 aliphatic rings. The zero-order valence-electron chi connectivity index (χ0n) is 12.0. The van der Waals surface area contributed by atoms with Crippen LogP contribution in [0.3, 0.4) is 0 Å². The molecular weight excluding hydrogens is 270 g/mol. The molecule has 0 atom stereocenters. The third-order valence-corrected chi connectivity index (χ3v) is 3.48. The first-order valence-corrected chi connectivity index (χ1v) is 7.85. The maximum Gasteiger partial charge on any atom is 0.226 e. The zero-order chi connectivity index (χ0) is 14.4. The molecule has 1 heterocycles. The van der Waals surface area contributed by atoms with E-state index in [9.17, 15) is 0 Å². The molecule has 2 aromatic rings. The number of hydrogen-bond donors (Lipinski definition) is 1. The van der Waals surface area contributed by atoms with E-state index >= 15 is 0 Å². The maximum atomic E-state index is 5.83. The number of aromatic nitrogens is 2. The third kappa shape index (κ3) is 3.87. The van der Waals surface area contributed by atoms with Crippen molar-refractivity contribution in [2.24, 2.45) is 0 Å². The van der Waals surface area contributed by atoms with Crippen LogP contribution in [-0.2, 0) is 0 Å². The molecule has 0 amide bonds. The smallest absolute Gasteiger partial charge is 0.226 e. The van der Waals surface area contributed by atoms with E-state index in [2.05, 4.69) is 28.5 Å². The van der Waals surface area contributed by atoms with Gasteiger partial charge in [0.05, 0.1) is 0 Å². The predicted molar refractivity (Wildman–Crippen MR) is 83.8 cm³/mol. The summed E-state index contributed by atoms with van der Waals surface area (Å²) >= 11 is 1.71. The van der Waals surface area contributed by atoms with Crippen molar-refractivity contribution in [2.45, 2.75) is 25.2 Å². The number of hydrogen-bond acceptors (Lipinski definition) is 5. The van der Waals surface area contributed by atoms with E-state index < -0.39 is 0 Å². The molecule has 0 unspecified atom stereocenters. The maximum absolute atomic E-state index is 5.83. The van der Waals surface area contributed by atoms with Gasteiger partial charge in [0.2, 0.25) is 11.8 Å². The molecule has 2 rings (SSSR count). The van der Waals surface area contributed by atoms with Crippen LogP contribution in [0.4, 0.5) is 5.95 Å². The summed E-state index contributed by atoms with van der Waals surface area (Å²) in [6.45, 7) is 4.89. The number of anilines is 1. The minimum Gasteiger partial charge on any atom is -0.439 e. The minimum atomic E-state index is 0.593. The summed E-state index contributed by atoms with van der Waals surface area (Å²) in [5.41, 5.74) is 0.918. The fourth-order valence-corrected chi connectivity index (χ4v) is 2.02.